The van der Waals surface area contributed by atoms with Gasteiger partial charge in [0.25, 0.3) is 0 Å². The Kier molecular flexibility index (Phi) is 4.00. The van der Waals surface area contributed by atoms with Crippen molar-refractivity contribution in [2.45, 2.75) is 5.32 Å². The van der Waals surface area contributed by atoms with Crippen molar-refractivity contribution in [1.82, 2.24) is 0 Å². The van der Waals surface area contributed by atoms with Gasteiger partial charge in [0.1, 0.15) is 0 Å². The summed E-state index contributed by atoms with van der Waals surface area (Å²) in [5.41, 5.74) is 1.39. The normalized spacial score (nSPS) is 9.80. The molecule has 0 nitrogen and oxygen atoms in total. The van der Waals surface area contributed by atoms with Crippen LogP contribution in [0.25, 0.3) is 0 Å². The summed E-state index contributed by atoms with van der Waals surface area (Å²) in [5.74, 6) is 0. The van der Waals surface area contributed by atoms with Crippen LogP contribution in [0.3, 0.4) is 0 Å². The summed E-state index contributed by atoms with van der Waals surface area (Å²) in [6.07, 6.45) is 0. The predicted molar refractivity (Wildman–Crippen MR) is 52.5 cm³/mol. The summed E-state index contributed by atoms with van der Waals surface area (Å²) in [6, 6.07) is 8.33. The van der Waals surface area contributed by atoms with Crippen molar-refractivity contribution in [3.8, 4) is 0 Å². The average Bonchev–Trinajstić information content (AvgIpc) is 1.94. The van der Waals surface area contributed by atoms with E-state index in [9.17, 15) is 0 Å². The first-order chi connectivity index (χ1) is 4.84. The summed E-state index contributed by atoms with van der Waals surface area (Å²) in [6.45, 7) is 0. The molecule has 0 N–H and O–H groups in total. The minimum atomic E-state index is 0.552. The fourth-order valence-corrected chi connectivity index (χ4v) is 3.57. The van der Waals surface area contributed by atoms with Crippen molar-refractivity contribution < 1.29 is 0 Å². The summed E-state index contributed by atoms with van der Waals surface area (Å²) >= 11 is 7.50. The zero-order chi connectivity index (χ0) is 7.40. The monoisotopic (exact) mass is 328 g/mol. The van der Waals surface area contributed by atoms with Crippen molar-refractivity contribution in [3.05, 3.63) is 34.3 Å². The molecule has 0 unspecified atom stereocenters. The van der Waals surface area contributed by atoms with E-state index in [0.717, 1.165) is 5.32 Å². The fourth-order valence-electron chi connectivity index (χ4n) is 0.674. The van der Waals surface area contributed by atoms with Gasteiger partial charge in [-0.2, -0.15) is 0 Å². The van der Waals surface area contributed by atoms with Crippen LogP contribution in [0, 0.1) is 0 Å². The summed E-state index contributed by atoms with van der Waals surface area (Å²) in [7, 11) is 0. The molecule has 0 amide bonds. The number of rotatable bonds is 2. The van der Waals surface area contributed by atoms with Crippen LogP contribution in [0.4, 0.5) is 0 Å². The Hall–Kier alpha value is 0.699. The fraction of sp³-hybridized carbons (Fsp3) is 0.143. The number of hydrogen-bond donors (Lipinski definition) is 0. The Labute approximate surface area is 82.4 Å². The van der Waals surface area contributed by atoms with Gasteiger partial charge in [-0.05, 0) is 0 Å². The van der Waals surface area contributed by atoms with Crippen LogP contribution in [0.15, 0.2) is 28.7 Å². The molecular weight excluding hydrogens is 323 g/mol. The van der Waals surface area contributed by atoms with Crippen LogP contribution in [-0.4, -0.2) is 13.1 Å². The Morgan fingerprint density at radius 1 is 1.30 bits per heavy atom. The Morgan fingerprint density at radius 3 is 2.60 bits per heavy atom. The molecular formula is C7H6Br2Se. The van der Waals surface area contributed by atoms with Crippen molar-refractivity contribution in [2.75, 3.05) is 0 Å². The van der Waals surface area contributed by atoms with Crippen LogP contribution in [0.1, 0.15) is 5.56 Å². The zero-order valence-electron chi connectivity index (χ0n) is 5.18. The van der Waals surface area contributed by atoms with Gasteiger partial charge in [0.05, 0.1) is 0 Å². The molecule has 0 bridgehead atoms. The number of benzene rings is 1. The van der Waals surface area contributed by atoms with Gasteiger partial charge < -0.3 is 0 Å². The summed E-state index contributed by atoms with van der Waals surface area (Å²) in [5, 5.41) is 1.15. The molecule has 0 atom stereocenters. The van der Waals surface area contributed by atoms with E-state index in [-0.39, 0.29) is 0 Å². The molecule has 0 aromatic heterocycles. The van der Waals surface area contributed by atoms with E-state index < -0.39 is 0 Å². The number of hydrogen-bond acceptors (Lipinski definition) is 0. The molecule has 0 spiro atoms. The van der Waals surface area contributed by atoms with Crippen molar-refractivity contribution in [3.63, 3.8) is 0 Å². The van der Waals surface area contributed by atoms with Crippen molar-refractivity contribution in [1.29, 1.82) is 0 Å². The Morgan fingerprint density at radius 2 is 2.00 bits per heavy atom. The van der Waals surface area contributed by atoms with Gasteiger partial charge in [0, 0.05) is 0 Å². The Bertz CT molecular complexity index is 213. The molecule has 54 valence electrons. The first-order valence-electron chi connectivity index (χ1n) is 2.81. The summed E-state index contributed by atoms with van der Waals surface area (Å²) < 4.78 is 1.22. The maximum absolute atomic E-state index is 3.49. The minimum absolute atomic E-state index is 0.552. The molecule has 0 aliphatic rings. The van der Waals surface area contributed by atoms with E-state index in [1.165, 1.54) is 10.0 Å². The quantitative estimate of drug-likeness (QED) is 0.732. The third kappa shape index (κ3) is 2.39. The molecule has 3 heteroatoms. The second-order valence-electron chi connectivity index (χ2n) is 1.84. The topological polar surface area (TPSA) is 0 Å². The molecule has 0 saturated carbocycles. The molecule has 0 saturated heterocycles. The molecule has 10 heavy (non-hydrogen) atoms. The maximum atomic E-state index is 3.49. The van der Waals surface area contributed by atoms with E-state index in [2.05, 4.69) is 48.2 Å². The number of halogens is 2. The van der Waals surface area contributed by atoms with E-state index in [1.807, 2.05) is 6.07 Å². The van der Waals surface area contributed by atoms with Gasteiger partial charge in [-0.15, -0.1) is 0 Å². The first-order valence-corrected chi connectivity index (χ1v) is 8.83. The van der Waals surface area contributed by atoms with Gasteiger partial charge in [-0.25, -0.2) is 0 Å². The molecule has 1 aromatic rings. The molecule has 1 rings (SSSR count). The summed E-state index contributed by atoms with van der Waals surface area (Å²) in [4.78, 5) is 0. The SMILES string of the molecule is Br[Se]Cc1ccccc1Br. The van der Waals surface area contributed by atoms with Gasteiger partial charge in [0.2, 0.25) is 0 Å². The van der Waals surface area contributed by atoms with Crippen LogP contribution < -0.4 is 0 Å². The van der Waals surface area contributed by atoms with Crippen LogP contribution in [0.5, 0.6) is 0 Å². The third-order valence-corrected chi connectivity index (χ3v) is 4.01. The van der Waals surface area contributed by atoms with E-state index >= 15 is 0 Å². The second-order valence-corrected chi connectivity index (χ2v) is 6.14. The van der Waals surface area contributed by atoms with Gasteiger partial charge in [-0.1, -0.05) is 0 Å². The predicted octanol–water partition coefficient (Wildman–Crippen LogP) is 2.96. The first kappa shape index (κ1) is 8.79. The molecule has 1 aromatic carbocycles. The molecule has 0 aliphatic heterocycles. The van der Waals surface area contributed by atoms with Crippen LogP contribution >= 0.6 is 30.0 Å². The van der Waals surface area contributed by atoms with Gasteiger partial charge >= 0.3 is 82.8 Å². The van der Waals surface area contributed by atoms with Gasteiger partial charge in [0.15, 0.2) is 0 Å². The van der Waals surface area contributed by atoms with E-state index in [4.69, 9.17) is 0 Å². The van der Waals surface area contributed by atoms with E-state index in [1.54, 1.807) is 0 Å². The second kappa shape index (κ2) is 4.55. The Balaban J connectivity index is 2.81. The van der Waals surface area contributed by atoms with E-state index in [0.29, 0.717) is 13.1 Å². The van der Waals surface area contributed by atoms with Crippen LogP contribution in [-0.2, 0) is 5.32 Å². The van der Waals surface area contributed by atoms with Crippen LogP contribution in [0.2, 0.25) is 0 Å². The standard InChI is InChI=1S/C7H6Br2Se/c8-7-4-2-1-3-6(7)5-10-9/h1-4H,5H2. The molecule has 0 radical (unpaired) electrons. The average molecular weight is 329 g/mol. The zero-order valence-corrected chi connectivity index (χ0v) is 10.1. The molecule has 0 fully saturated rings. The third-order valence-electron chi connectivity index (χ3n) is 1.17. The van der Waals surface area contributed by atoms with Crippen molar-refractivity contribution in [2.24, 2.45) is 0 Å². The molecule has 0 aliphatic carbocycles. The van der Waals surface area contributed by atoms with Crippen molar-refractivity contribution >= 4 is 43.2 Å². The molecule has 0 heterocycles. The van der Waals surface area contributed by atoms with Gasteiger partial charge in [-0.3, -0.25) is 0 Å².